The number of hydrogen-bond acceptors (Lipinski definition) is 11. The van der Waals surface area contributed by atoms with Gasteiger partial charge < -0.3 is 23.8 Å². The van der Waals surface area contributed by atoms with Gasteiger partial charge in [0.05, 0.1) is 29.6 Å². The van der Waals surface area contributed by atoms with E-state index < -0.39 is 39.3 Å². The Morgan fingerprint density at radius 2 is 1.12 bits per heavy atom. The predicted octanol–water partition coefficient (Wildman–Crippen LogP) is 9.74. The van der Waals surface area contributed by atoms with Crippen molar-refractivity contribution in [1.82, 2.24) is 4.90 Å². The maximum absolute atomic E-state index is 13.4. The summed E-state index contributed by atoms with van der Waals surface area (Å²) in [5.74, 6) is -0.709. The molecule has 0 spiro atoms. The van der Waals surface area contributed by atoms with Crippen LogP contribution in [0.15, 0.2) is 72.8 Å². The average Bonchev–Trinajstić information content (AvgIpc) is 3.05. The van der Waals surface area contributed by atoms with Crippen molar-refractivity contribution in [3.63, 3.8) is 0 Å². The second-order valence-electron chi connectivity index (χ2n) is 10.3. The molecule has 50 heavy (non-hydrogen) atoms. The van der Waals surface area contributed by atoms with Crippen molar-refractivity contribution in [2.45, 2.75) is 19.1 Å². The van der Waals surface area contributed by atoms with Crippen LogP contribution in [0.1, 0.15) is 6.92 Å². The monoisotopic (exact) mass is 797 g/mol. The highest BCUT2D eigenvalue weighted by atomic mass is 35.5. The Morgan fingerprint density at radius 1 is 0.680 bits per heavy atom. The fourth-order valence-corrected chi connectivity index (χ4v) is 5.49. The molecule has 4 rings (SSSR count). The molecule has 0 N–H and O–H groups in total. The highest BCUT2D eigenvalue weighted by molar-refractivity contribution is 7.89. The zero-order valence-electron chi connectivity index (χ0n) is 25.9. The summed E-state index contributed by atoms with van der Waals surface area (Å²) < 4.78 is 23.4. The number of nitro groups is 2. The van der Waals surface area contributed by atoms with Gasteiger partial charge in [-0.3, -0.25) is 25.0 Å². The Bertz CT molecular complexity index is 2020. The SMILES string of the molecule is CC(Oc1cc(Oc2ccc(Cl)cc2Cl)ccc1[N+](=O)[O-])C(=S)C(=S)C(Oc1cc(Oc2ccc(Cl)cc2Cl)ccc1[N+](=O)[O-])C(=O)N(C)C. The van der Waals surface area contributed by atoms with Gasteiger partial charge in [0, 0.05) is 48.4 Å². The summed E-state index contributed by atoms with van der Waals surface area (Å²) in [6.45, 7) is 1.45. The van der Waals surface area contributed by atoms with Crippen LogP contribution >= 0.6 is 70.8 Å². The lowest BCUT2D eigenvalue weighted by molar-refractivity contribution is -0.386. The molecule has 0 aliphatic rings. The third-order valence-electron chi connectivity index (χ3n) is 6.56. The molecule has 0 heterocycles. The molecule has 0 aliphatic carbocycles. The normalized spacial score (nSPS) is 11.9. The van der Waals surface area contributed by atoms with Gasteiger partial charge in [-0.2, -0.15) is 0 Å². The Hall–Kier alpha value is -4.31. The minimum Gasteiger partial charge on any atom is -0.478 e. The van der Waals surface area contributed by atoms with E-state index in [1.807, 2.05) is 0 Å². The molecule has 0 radical (unpaired) electrons. The molecule has 260 valence electrons. The molecule has 0 bridgehead atoms. The number of nitrogens with zero attached hydrogens (tertiary/aromatic N) is 3. The van der Waals surface area contributed by atoms with Crippen LogP contribution in [0.4, 0.5) is 11.4 Å². The van der Waals surface area contributed by atoms with Gasteiger partial charge in [-0.15, -0.1) is 0 Å². The number of hydrogen-bond donors (Lipinski definition) is 0. The van der Waals surface area contributed by atoms with Crippen LogP contribution in [0, 0.1) is 20.2 Å². The van der Waals surface area contributed by atoms with Gasteiger partial charge in [0.25, 0.3) is 5.91 Å². The molecule has 1 amide bonds. The average molecular weight is 799 g/mol. The van der Waals surface area contributed by atoms with Gasteiger partial charge in [0.1, 0.15) is 29.1 Å². The standard InChI is InChI=1S/C32H23Cl4N3O9S2/c1-16(45-27-14-19(6-8-23(27)38(41)42)46-25-10-4-17(33)12-21(25)35)30(49)31(50)29(32(40)37(2)3)48-28-15-20(7-9-24(28)39(43)44)47-26-11-5-18(34)13-22(26)36/h4-16,29H,1-3H3. The van der Waals surface area contributed by atoms with Crippen LogP contribution in [-0.2, 0) is 4.79 Å². The molecule has 0 saturated carbocycles. The third kappa shape index (κ3) is 9.47. The van der Waals surface area contributed by atoms with Crippen molar-refractivity contribution in [3.8, 4) is 34.5 Å². The zero-order valence-corrected chi connectivity index (χ0v) is 30.6. The van der Waals surface area contributed by atoms with Gasteiger partial charge >= 0.3 is 11.4 Å². The van der Waals surface area contributed by atoms with Crippen LogP contribution in [0.3, 0.4) is 0 Å². The van der Waals surface area contributed by atoms with E-state index >= 15 is 0 Å². The molecule has 0 saturated heterocycles. The van der Waals surface area contributed by atoms with E-state index in [0.29, 0.717) is 10.0 Å². The third-order valence-corrected chi connectivity index (χ3v) is 8.74. The number of amides is 1. The summed E-state index contributed by atoms with van der Waals surface area (Å²) in [4.78, 5) is 36.5. The Labute approximate surface area is 315 Å². The van der Waals surface area contributed by atoms with Gasteiger partial charge in [-0.1, -0.05) is 70.8 Å². The number of ether oxygens (including phenoxy) is 4. The number of rotatable bonds is 14. The summed E-state index contributed by atoms with van der Waals surface area (Å²) in [6.07, 6.45) is -2.81. The number of likely N-dealkylation sites (N-methyl/N-ethyl adjacent to an activating group) is 1. The van der Waals surface area contributed by atoms with Crippen molar-refractivity contribution in [1.29, 1.82) is 0 Å². The summed E-state index contributed by atoms with van der Waals surface area (Å²) >= 11 is 35.5. The molecule has 18 heteroatoms. The molecule has 12 nitrogen and oxygen atoms in total. The second kappa shape index (κ2) is 16.6. The Morgan fingerprint density at radius 3 is 1.52 bits per heavy atom. The van der Waals surface area contributed by atoms with E-state index in [1.165, 1.54) is 75.6 Å². The van der Waals surface area contributed by atoms with Crippen molar-refractivity contribution in [2.24, 2.45) is 0 Å². The van der Waals surface area contributed by atoms with E-state index in [2.05, 4.69) is 0 Å². The molecule has 0 aliphatic heterocycles. The summed E-state index contributed by atoms with van der Waals surface area (Å²) in [5.41, 5.74) is -0.937. The van der Waals surface area contributed by atoms with Crippen LogP contribution in [0.2, 0.25) is 20.1 Å². The van der Waals surface area contributed by atoms with E-state index in [0.717, 1.165) is 17.0 Å². The molecular weight excluding hydrogens is 776 g/mol. The molecule has 2 atom stereocenters. The first kappa shape index (κ1) is 38.5. The van der Waals surface area contributed by atoms with Crippen LogP contribution < -0.4 is 18.9 Å². The summed E-state index contributed by atoms with van der Waals surface area (Å²) in [7, 11) is 2.84. The Kier molecular flexibility index (Phi) is 12.8. The smallest absolute Gasteiger partial charge is 0.311 e. The number of carbonyl (C=O) groups excluding carboxylic acids is 1. The zero-order chi connectivity index (χ0) is 36.9. The fraction of sp³-hybridized carbons (Fsp3) is 0.156. The van der Waals surface area contributed by atoms with Crippen molar-refractivity contribution in [3.05, 3.63) is 113 Å². The van der Waals surface area contributed by atoms with Crippen LogP contribution in [-0.4, -0.2) is 56.7 Å². The van der Waals surface area contributed by atoms with Gasteiger partial charge in [0.15, 0.2) is 0 Å². The van der Waals surface area contributed by atoms with E-state index in [9.17, 15) is 25.0 Å². The lowest BCUT2D eigenvalue weighted by Gasteiger charge is -2.25. The lowest BCUT2D eigenvalue weighted by Crippen LogP contribution is -2.47. The summed E-state index contributed by atoms with van der Waals surface area (Å²) in [6, 6.07) is 16.4. The van der Waals surface area contributed by atoms with E-state index in [1.54, 1.807) is 6.07 Å². The molecule has 4 aromatic rings. The first-order valence-electron chi connectivity index (χ1n) is 14.0. The molecular formula is C32H23Cl4N3O9S2. The minimum atomic E-state index is -1.66. The topological polar surface area (TPSA) is 144 Å². The highest BCUT2D eigenvalue weighted by Gasteiger charge is 2.34. The fourth-order valence-electron chi connectivity index (χ4n) is 4.13. The van der Waals surface area contributed by atoms with Crippen molar-refractivity contribution < 1.29 is 33.6 Å². The van der Waals surface area contributed by atoms with Gasteiger partial charge in [0.2, 0.25) is 17.6 Å². The second-order valence-corrected chi connectivity index (χ2v) is 12.9. The number of nitro benzene ring substituents is 2. The number of thiocarbonyl (C=S) groups is 2. The highest BCUT2D eigenvalue weighted by Crippen LogP contribution is 2.39. The van der Waals surface area contributed by atoms with Crippen LogP contribution in [0.25, 0.3) is 0 Å². The first-order chi connectivity index (χ1) is 23.5. The predicted molar refractivity (Wildman–Crippen MR) is 198 cm³/mol. The van der Waals surface area contributed by atoms with E-state index in [-0.39, 0.29) is 54.3 Å². The van der Waals surface area contributed by atoms with E-state index in [4.69, 9.17) is 89.8 Å². The lowest BCUT2D eigenvalue weighted by atomic mass is 10.1. The van der Waals surface area contributed by atoms with Crippen molar-refractivity contribution in [2.75, 3.05) is 14.1 Å². The maximum Gasteiger partial charge on any atom is 0.311 e. The molecule has 0 fully saturated rings. The largest absolute Gasteiger partial charge is 0.478 e. The molecule has 4 aromatic carbocycles. The van der Waals surface area contributed by atoms with Crippen molar-refractivity contribution >= 4 is 97.9 Å². The molecule has 2 unspecified atom stereocenters. The quantitative estimate of drug-likeness (QED) is 0.0683. The molecule has 0 aromatic heterocycles. The van der Waals surface area contributed by atoms with Crippen LogP contribution in [0.5, 0.6) is 34.5 Å². The summed E-state index contributed by atoms with van der Waals surface area (Å²) in [5, 5.41) is 24.9. The van der Waals surface area contributed by atoms with Gasteiger partial charge in [-0.05, 0) is 55.5 Å². The van der Waals surface area contributed by atoms with Gasteiger partial charge in [-0.25, -0.2) is 0 Å². The Balaban J connectivity index is 1.62. The minimum absolute atomic E-state index is 0.0744. The number of halogens is 4. The number of carbonyl (C=O) groups is 1. The maximum atomic E-state index is 13.4. The number of benzene rings is 4. The first-order valence-corrected chi connectivity index (χ1v) is 16.3.